The van der Waals surface area contributed by atoms with Gasteiger partial charge in [0.2, 0.25) is 0 Å². The monoisotopic (exact) mass is 444 g/mol. The number of aromatic nitrogens is 3. The van der Waals surface area contributed by atoms with E-state index in [2.05, 4.69) is 49.2 Å². The van der Waals surface area contributed by atoms with Crippen molar-refractivity contribution in [1.82, 2.24) is 19.9 Å². The van der Waals surface area contributed by atoms with Crippen LogP contribution in [0.5, 0.6) is 0 Å². The number of rotatable bonds is 4. The number of carbonyl (C=O) groups is 1. The standard InChI is InChI=1S/C24H24N6OS/c1-16-15-32-24(27-16)18-3-4-19-14-26-21(12-20(19)11-18)28-23(31)17-5-6-25-22(13-17)30-9-7-29(2)8-10-30/h3-6,11-15H,7-10H2,1-2H3,(H,26,28,31). The third-order valence-electron chi connectivity index (χ3n) is 5.66. The molecule has 0 spiro atoms. The highest BCUT2D eigenvalue weighted by Gasteiger charge is 2.17. The molecule has 8 heteroatoms. The number of benzene rings is 1. The third-order valence-corrected chi connectivity index (χ3v) is 6.67. The quantitative estimate of drug-likeness (QED) is 0.512. The number of nitrogens with one attached hydrogen (secondary N) is 1. The number of carbonyl (C=O) groups excluding carboxylic acids is 1. The molecule has 3 aromatic heterocycles. The average Bonchev–Trinajstić information content (AvgIpc) is 3.25. The van der Waals surface area contributed by atoms with Gasteiger partial charge < -0.3 is 15.1 Å². The van der Waals surface area contributed by atoms with E-state index in [1.807, 2.05) is 30.5 Å². The molecule has 162 valence electrons. The number of thiazole rings is 1. The van der Waals surface area contributed by atoms with Crippen molar-refractivity contribution in [1.29, 1.82) is 0 Å². The van der Waals surface area contributed by atoms with Crippen molar-refractivity contribution in [2.75, 3.05) is 43.4 Å². The second kappa shape index (κ2) is 8.64. The summed E-state index contributed by atoms with van der Waals surface area (Å²) in [5.74, 6) is 1.16. The molecule has 1 aliphatic rings. The van der Waals surface area contributed by atoms with E-state index in [0.29, 0.717) is 11.4 Å². The van der Waals surface area contributed by atoms with Crippen LogP contribution in [0, 0.1) is 6.92 Å². The summed E-state index contributed by atoms with van der Waals surface area (Å²) in [6.07, 6.45) is 3.47. The Morgan fingerprint density at radius 2 is 1.88 bits per heavy atom. The van der Waals surface area contributed by atoms with Crippen LogP contribution in [0.1, 0.15) is 16.1 Å². The zero-order valence-electron chi connectivity index (χ0n) is 18.1. The molecular formula is C24H24N6OS. The van der Waals surface area contributed by atoms with Crippen molar-refractivity contribution in [3.8, 4) is 10.6 Å². The van der Waals surface area contributed by atoms with Gasteiger partial charge in [0, 0.05) is 66.2 Å². The number of anilines is 2. The van der Waals surface area contributed by atoms with Crippen LogP contribution in [0.3, 0.4) is 0 Å². The molecule has 0 radical (unpaired) electrons. The predicted octanol–water partition coefficient (Wildman–Crippen LogP) is 4.07. The number of likely N-dealkylation sites (N-methyl/N-ethyl adjacent to an activating group) is 1. The lowest BCUT2D eigenvalue weighted by Crippen LogP contribution is -2.44. The van der Waals surface area contributed by atoms with Gasteiger partial charge in [-0.25, -0.2) is 15.0 Å². The summed E-state index contributed by atoms with van der Waals surface area (Å²) in [6.45, 7) is 5.78. The highest BCUT2D eigenvalue weighted by atomic mass is 32.1. The average molecular weight is 445 g/mol. The lowest BCUT2D eigenvalue weighted by Gasteiger charge is -2.33. The SMILES string of the molecule is Cc1csc(-c2ccc3cnc(NC(=O)c4ccnc(N5CCN(C)CC5)c4)cc3c2)n1. The summed E-state index contributed by atoms with van der Waals surface area (Å²) < 4.78 is 0. The van der Waals surface area contributed by atoms with Gasteiger partial charge in [0.1, 0.15) is 16.6 Å². The van der Waals surface area contributed by atoms with Crippen molar-refractivity contribution in [3.05, 3.63) is 65.4 Å². The molecule has 7 nitrogen and oxygen atoms in total. The summed E-state index contributed by atoms with van der Waals surface area (Å²) >= 11 is 1.63. The Bertz CT molecular complexity index is 1280. The van der Waals surface area contributed by atoms with E-state index in [-0.39, 0.29) is 5.91 Å². The van der Waals surface area contributed by atoms with Gasteiger partial charge in [0.15, 0.2) is 0 Å². The van der Waals surface area contributed by atoms with E-state index < -0.39 is 0 Å². The van der Waals surface area contributed by atoms with Gasteiger partial charge >= 0.3 is 0 Å². The highest BCUT2D eigenvalue weighted by molar-refractivity contribution is 7.13. The van der Waals surface area contributed by atoms with Crippen molar-refractivity contribution < 1.29 is 4.79 Å². The van der Waals surface area contributed by atoms with Crippen LogP contribution >= 0.6 is 11.3 Å². The largest absolute Gasteiger partial charge is 0.354 e. The zero-order chi connectivity index (χ0) is 22.1. The number of aryl methyl sites for hydroxylation is 1. The molecule has 5 rings (SSSR count). The van der Waals surface area contributed by atoms with E-state index in [1.165, 1.54) is 0 Å². The molecule has 0 unspecified atom stereocenters. The second-order valence-corrected chi connectivity index (χ2v) is 8.93. The summed E-state index contributed by atoms with van der Waals surface area (Å²) in [5, 5.41) is 7.99. The number of pyridine rings is 2. The minimum atomic E-state index is -0.193. The first-order valence-electron chi connectivity index (χ1n) is 10.6. The first-order valence-corrected chi connectivity index (χ1v) is 11.5. The molecule has 1 aliphatic heterocycles. The molecule has 1 amide bonds. The molecule has 1 saturated heterocycles. The van der Waals surface area contributed by atoms with Crippen molar-refractivity contribution in [2.24, 2.45) is 0 Å². The van der Waals surface area contributed by atoms with Crippen LogP contribution in [0.2, 0.25) is 0 Å². The normalized spacial score (nSPS) is 14.6. The maximum absolute atomic E-state index is 12.9. The molecule has 0 aliphatic carbocycles. The van der Waals surface area contributed by atoms with Gasteiger partial charge in [-0.05, 0) is 43.6 Å². The Labute approximate surface area is 190 Å². The van der Waals surface area contributed by atoms with E-state index in [1.54, 1.807) is 29.8 Å². The van der Waals surface area contributed by atoms with Gasteiger partial charge in [-0.1, -0.05) is 12.1 Å². The van der Waals surface area contributed by atoms with Crippen molar-refractivity contribution in [3.63, 3.8) is 0 Å². The molecule has 1 fully saturated rings. The Hall–Kier alpha value is -3.36. The van der Waals surface area contributed by atoms with Crippen LogP contribution in [-0.4, -0.2) is 59.0 Å². The van der Waals surface area contributed by atoms with E-state index in [0.717, 1.165) is 59.0 Å². The summed E-state index contributed by atoms with van der Waals surface area (Å²) in [6, 6.07) is 11.7. The van der Waals surface area contributed by atoms with Crippen LogP contribution < -0.4 is 10.2 Å². The number of amides is 1. The Balaban J connectivity index is 1.36. The van der Waals surface area contributed by atoms with Gasteiger partial charge in [-0.15, -0.1) is 11.3 Å². The van der Waals surface area contributed by atoms with Gasteiger partial charge in [0.25, 0.3) is 5.91 Å². The van der Waals surface area contributed by atoms with Crippen molar-refractivity contribution in [2.45, 2.75) is 6.92 Å². The minimum absolute atomic E-state index is 0.193. The maximum Gasteiger partial charge on any atom is 0.257 e. The Kier molecular flexibility index (Phi) is 5.55. The minimum Gasteiger partial charge on any atom is -0.354 e. The fraction of sp³-hybridized carbons (Fsp3) is 0.250. The van der Waals surface area contributed by atoms with E-state index in [9.17, 15) is 4.79 Å². The lowest BCUT2D eigenvalue weighted by atomic mass is 10.1. The summed E-state index contributed by atoms with van der Waals surface area (Å²) in [5.41, 5.74) is 2.65. The van der Waals surface area contributed by atoms with Gasteiger partial charge in [-0.3, -0.25) is 4.79 Å². The number of nitrogens with zero attached hydrogens (tertiary/aromatic N) is 5. The molecular weight excluding hydrogens is 420 g/mol. The maximum atomic E-state index is 12.9. The molecule has 32 heavy (non-hydrogen) atoms. The van der Waals surface area contributed by atoms with E-state index in [4.69, 9.17) is 0 Å². The molecule has 0 saturated carbocycles. The fourth-order valence-electron chi connectivity index (χ4n) is 3.79. The topological polar surface area (TPSA) is 74.2 Å². The Morgan fingerprint density at radius 1 is 1.03 bits per heavy atom. The van der Waals surface area contributed by atoms with Crippen LogP contribution in [0.15, 0.2) is 54.2 Å². The molecule has 4 heterocycles. The van der Waals surface area contributed by atoms with Crippen LogP contribution in [0.25, 0.3) is 21.3 Å². The zero-order valence-corrected chi connectivity index (χ0v) is 18.9. The predicted molar refractivity (Wildman–Crippen MR) is 129 cm³/mol. The first-order chi connectivity index (χ1) is 15.5. The molecule has 0 bridgehead atoms. The third kappa shape index (κ3) is 4.32. The lowest BCUT2D eigenvalue weighted by molar-refractivity contribution is 0.102. The van der Waals surface area contributed by atoms with Gasteiger partial charge in [-0.2, -0.15) is 0 Å². The second-order valence-electron chi connectivity index (χ2n) is 8.07. The summed E-state index contributed by atoms with van der Waals surface area (Å²) in [4.78, 5) is 30.9. The highest BCUT2D eigenvalue weighted by Crippen LogP contribution is 2.28. The van der Waals surface area contributed by atoms with Gasteiger partial charge in [0.05, 0.1) is 0 Å². The van der Waals surface area contributed by atoms with E-state index >= 15 is 0 Å². The van der Waals surface area contributed by atoms with Crippen molar-refractivity contribution >= 4 is 39.7 Å². The number of hydrogen-bond acceptors (Lipinski definition) is 7. The first kappa shape index (κ1) is 20.5. The molecule has 4 aromatic rings. The smallest absolute Gasteiger partial charge is 0.257 e. The Morgan fingerprint density at radius 3 is 2.66 bits per heavy atom. The molecule has 0 atom stereocenters. The number of hydrogen-bond donors (Lipinski definition) is 1. The summed E-state index contributed by atoms with van der Waals surface area (Å²) in [7, 11) is 2.12. The molecule has 1 N–H and O–H groups in total. The van der Waals surface area contributed by atoms with Crippen LogP contribution in [-0.2, 0) is 0 Å². The molecule has 1 aromatic carbocycles. The van der Waals surface area contributed by atoms with Crippen LogP contribution in [0.4, 0.5) is 11.6 Å². The fourth-order valence-corrected chi connectivity index (χ4v) is 4.58. The number of piperazine rings is 1. The number of fused-ring (bicyclic) bond motifs is 1.